The Morgan fingerprint density at radius 3 is 2.44 bits per heavy atom. The summed E-state index contributed by atoms with van der Waals surface area (Å²) in [7, 11) is 0. The van der Waals surface area contributed by atoms with Crippen molar-refractivity contribution in [3.05, 3.63) is 89.2 Å². The Kier molecular flexibility index (Phi) is 5.40. The Morgan fingerprint density at radius 1 is 1.03 bits per heavy atom. The van der Waals surface area contributed by atoms with Gasteiger partial charge < -0.3 is 5.32 Å². The van der Waals surface area contributed by atoms with Gasteiger partial charge in [-0.3, -0.25) is 24.2 Å². The number of aryl methyl sites for hydroxylation is 2. The third-order valence-corrected chi connectivity index (χ3v) is 7.36. The van der Waals surface area contributed by atoms with Gasteiger partial charge in [0.2, 0.25) is 16.7 Å². The highest BCUT2D eigenvalue weighted by Crippen LogP contribution is 2.55. The Hall–Kier alpha value is -3.65. The first-order valence-corrected chi connectivity index (χ1v) is 11.8. The number of hydrogen-bond donors (Lipinski definition) is 1. The molecule has 1 atom stereocenters. The molecular weight excluding hydrogens is 453 g/mol. The van der Waals surface area contributed by atoms with Gasteiger partial charge in [-0.05, 0) is 55.3 Å². The number of amides is 3. The maximum absolute atomic E-state index is 14.0. The van der Waals surface area contributed by atoms with Crippen LogP contribution in [0.25, 0.3) is 0 Å². The molecule has 5 rings (SSSR count). The van der Waals surface area contributed by atoms with Gasteiger partial charge in [-0.1, -0.05) is 36.4 Å². The van der Waals surface area contributed by atoms with Gasteiger partial charge in [-0.15, -0.1) is 11.8 Å². The molecule has 1 saturated heterocycles. The van der Waals surface area contributed by atoms with E-state index >= 15 is 0 Å². The van der Waals surface area contributed by atoms with E-state index in [1.54, 1.807) is 23.1 Å². The van der Waals surface area contributed by atoms with Crippen LogP contribution in [-0.4, -0.2) is 30.0 Å². The molecule has 1 fully saturated rings. The molecule has 34 heavy (non-hydrogen) atoms. The average molecular weight is 476 g/mol. The molecule has 3 amide bonds. The second kappa shape index (κ2) is 8.29. The second-order valence-electron chi connectivity index (χ2n) is 8.44. The van der Waals surface area contributed by atoms with Crippen LogP contribution >= 0.6 is 11.8 Å². The van der Waals surface area contributed by atoms with Gasteiger partial charge >= 0.3 is 0 Å². The van der Waals surface area contributed by atoms with Crippen molar-refractivity contribution >= 4 is 46.5 Å². The molecule has 1 spiro atoms. The monoisotopic (exact) mass is 475 g/mol. The van der Waals surface area contributed by atoms with Gasteiger partial charge in [0.1, 0.15) is 12.4 Å². The van der Waals surface area contributed by atoms with E-state index in [1.165, 1.54) is 34.9 Å². The summed E-state index contributed by atoms with van der Waals surface area (Å²) in [4.78, 5) is 41.6. The highest BCUT2D eigenvalue weighted by atomic mass is 32.2. The maximum atomic E-state index is 14.0. The van der Waals surface area contributed by atoms with Crippen molar-refractivity contribution in [2.24, 2.45) is 0 Å². The molecule has 1 N–H and O–H groups in total. The summed E-state index contributed by atoms with van der Waals surface area (Å²) in [5, 5.41) is 2.54. The van der Waals surface area contributed by atoms with E-state index in [4.69, 9.17) is 0 Å². The van der Waals surface area contributed by atoms with Crippen LogP contribution in [0.5, 0.6) is 0 Å². The largest absolute Gasteiger partial charge is 0.322 e. The minimum atomic E-state index is -1.30. The molecule has 2 aliphatic heterocycles. The van der Waals surface area contributed by atoms with Gasteiger partial charge in [-0.2, -0.15) is 0 Å². The van der Waals surface area contributed by atoms with Crippen LogP contribution in [0.2, 0.25) is 0 Å². The predicted molar refractivity (Wildman–Crippen MR) is 131 cm³/mol. The van der Waals surface area contributed by atoms with Gasteiger partial charge in [0.25, 0.3) is 5.91 Å². The van der Waals surface area contributed by atoms with Gasteiger partial charge in [0.15, 0.2) is 0 Å². The molecule has 3 aromatic rings. The van der Waals surface area contributed by atoms with E-state index in [1.807, 2.05) is 44.2 Å². The summed E-state index contributed by atoms with van der Waals surface area (Å²) in [6.07, 6.45) is 0. The SMILES string of the molecule is Cc1cc(C)cc(N2C(=O)CS[C@]23C(=O)N(CC(=O)Nc2ccccc2F)c2ccccc23)c1. The third kappa shape index (κ3) is 3.45. The van der Waals surface area contributed by atoms with E-state index < -0.39 is 16.6 Å². The van der Waals surface area contributed by atoms with Gasteiger partial charge in [0, 0.05) is 11.3 Å². The van der Waals surface area contributed by atoms with Crippen molar-refractivity contribution in [1.82, 2.24) is 0 Å². The molecule has 8 heteroatoms. The fourth-order valence-electron chi connectivity index (χ4n) is 4.69. The third-order valence-electron chi connectivity index (χ3n) is 5.98. The first-order valence-electron chi connectivity index (χ1n) is 10.8. The minimum Gasteiger partial charge on any atom is -0.322 e. The average Bonchev–Trinajstić information content (AvgIpc) is 3.26. The summed E-state index contributed by atoms with van der Waals surface area (Å²) in [6.45, 7) is 3.59. The molecule has 172 valence electrons. The fourth-order valence-corrected chi connectivity index (χ4v) is 6.05. The maximum Gasteiger partial charge on any atom is 0.269 e. The Morgan fingerprint density at radius 2 is 1.71 bits per heavy atom. The predicted octanol–water partition coefficient (Wildman–Crippen LogP) is 4.36. The number of carbonyl (C=O) groups excluding carboxylic acids is 3. The smallest absolute Gasteiger partial charge is 0.269 e. The van der Waals surface area contributed by atoms with E-state index in [2.05, 4.69) is 5.32 Å². The number of nitrogens with one attached hydrogen (secondary N) is 1. The Bertz CT molecular complexity index is 1320. The van der Waals surface area contributed by atoms with Crippen LogP contribution < -0.4 is 15.1 Å². The zero-order valence-electron chi connectivity index (χ0n) is 18.7. The topological polar surface area (TPSA) is 69.7 Å². The summed E-state index contributed by atoms with van der Waals surface area (Å²) in [6, 6.07) is 18.8. The van der Waals surface area contributed by atoms with Crippen LogP contribution in [0.4, 0.5) is 21.5 Å². The number of para-hydroxylation sites is 2. The number of anilines is 3. The number of thioether (sulfide) groups is 1. The number of halogens is 1. The molecule has 0 saturated carbocycles. The van der Waals surface area contributed by atoms with E-state index in [9.17, 15) is 18.8 Å². The zero-order chi connectivity index (χ0) is 24.0. The van der Waals surface area contributed by atoms with Crippen molar-refractivity contribution in [2.45, 2.75) is 18.7 Å². The second-order valence-corrected chi connectivity index (χ2v) is 9.61. The Balaban J connectivity index is 1.54. The van der Waals surface area contributed by atoms with Crippen molar-refractivity contribution < 1.29 is 18.8 Å². The van der Waals surface area contributed by atoms with Gasteiger partial charge in [0.05, 0.1) is 17.1 Å². The first-order chi connectivity index (χ1) is 16.3. The molecule has 2 heterocycles. The molecule has 3 aromatic carbocycles. The van der Waals surface area contributed by atoms with Crippen LogP contribution in [0.1, 0.15) is 16.7 Å². The lowest BCUT2D eigenvalue weighted by molar-refractivity contribution is -0.124. The summed E-state index contributed by atoms with van der Waals surface area (Å²) in [5.74, 6) is -1.48. The molecular formula is C26H22FN3O3S. The van der Waals surface area contributed by atoms with Crippen molar-refractivity contribution in [2.75, 3.05) is 27.4 Å². The lowest BCUT2D eigenvalue weighted by Crippen LogP contribution is -2.51. The van der Waals surface area contributed by atoms with Crippen molar-refractivity contribution in [1.29, 1.82) is 0 Å². The number of hydrogen-bond acceptors (Lipinski definition) is 4. The van der Waals surface area contributed by atoms with Crippen molar-refractivity contribution in [3.63, 3.8) is 0 Å². The van der Waals surface area contributed by atoms with Crippen LogP contribution in [0, 0.1) is 19.7 Å². The number of benzene rings is 3. The lowest BCUT2D eigenvalue weighted by atomic mass is 10.0. The molecule has 2 aliphatic rings. The van der Waals surface area contributed by atoms with E-state index in [0.717, 1.165) is 11.1 Å². The normalized spacial score (nSPS) is 19.1. The van der Waals surface area contributed by atoms with E-state index in [-0.39, 0.29) is 29.8 Å². The quantitative estimate of drug-likeness (QED) is 0.609. The minimum absolute atomic E-state index is 0.0458. The fraction of sp³-hybridized carbons (Fsp3) is 0.192. The highest BCUT2D eigenvalue weighted by Gasteiger charge is 2.61. The molecule has 0 aromatic heterocycles. The van der Waals surface area contributed by atoms with Crippen LogP contribution in [0.15, 0.2) is 66.7 Å². The number of nitrogens with zero attached hydrogens (tertiary/aromatic N) is 2. The first kappa shape index (κ1) is 22.2. The number of fused-ring (bicyclic) bond motifs is 2. The highest BCUT2D eigenvalue weighted by molar-refractivity contribution is 8.02. The molecule has 0 unspecified atom stereocenters. The Labute approximate surface area is 200 Å². The van der Waals surface area contributed by atoms with E-state index in [0.29, 0.717) is 16.9 Å². The summed E-state index contributed by atoms with van der Waals surface area (Å²) >= 11 is 1.26. The molecule has 0 aliphatic carbocycles. The standard InChI is InChI=1S/C26H22FN3O3S/c1-16-11-17(2)13-18(12-16)30-24(32)15-34-26(30)19-7-3-6-10-22(19)29(25(26)33)14-23(31)28-21-9-5-4-8-20(21)27/h3-13H,14-15H2,1-2H3,(H,28,31)/t26-/m1/s1. The summed E-state index contributed by atoms with van der Waals surface area (Å²) < 4.78 is 14.0. The number of carbonyl (C=O) groups is 3. The van der Waals surface area contributed by atoms with Gasteiger partial charge in [-0.25, -0.2) is 4.39 Å². The molecule has 0 radical (unpaired) electrons. The van der Waals surface area contributed by atoms with Crippen LogP contribution in [0.3, 0.4) is 0 Å². The summed E-state index contributed by atoms with van der Waals surface area (Å²) in [5.41, 5.74) is 3.88. The molecule has 6 nitrogen and oxygen atoms in total. The lowest BCUT2D eigenvalue weighted by Gasteiger charge is -2.33. The number of rotatable bonds is 4. The molecule has 0 bridgehead atoms. The van der Waals surface area contributed by atoms with Crippen LogP contribution in [-0.2, 0) is 19.3 Å². The van der Waals surface area contributed by atoms with Crippen molar-refractivity contribution in [3.8, 4) is 0 Å². The zero-order valence-corrected chi connectivity index (χ0v) is 19.5.